The minimum atomic E-state index is -0.0987. The summed E-state index contributed by atoms with van der Waals surface area (Å²) in [5, 5.41) is 18.9. The van der Waals surface area contributed by atoms with Crippen LogP contribution < -0.4 is 0 Å². The first-order chi connectivity index (χ1) is 12.2. The molecule has 1 fully saturated rings. The Balaban J connectivity index is 1.55. The lowest BCUT2D eigenvalue weighted by molar-refractivity contribution is 0.0700. The normalized spacial score (nSPS) is 20.8. The van der Waals surface area contributed by atoms with E-state index in [1.165, 1.54) is 19.3 Å². The Kier molecular flexibility index (Phi) is 4.42. The van der Waals surface area contributed by atoms with Crippen LogP contribution >= 0.6 is 0 Å². The van der Waals surface area contributed by atoms with E-state index in [1.54, 1.807) is 24.3 Å². The first-order valence-electron chi connectivity index (χ1n) is 9.23. The number of carbonyl (C=O) groups excluding carboxylic acids is 1. The van der Waals surface area contributed by atoms with Crippen molar-refractivity contribution in [3.8, 4) is 5.75 Å². The van der Waals surface area contributed by atoms with Gasteiger partial charge < -0.3 is 14.6 Å². The fraction of sp³-hybridized carbons (Fsp3) is 0.526. The molecule has 6 nitrogen and oxygen atoms in total. The molecule has 3 heterocycles. The molecule has 1 atom stereocenters. The van der Waals surface area contributed by atoms with Gasteiger partial charge in [0, 0.05) is 32.0 Å². The van der Waals surface area contributed by atoms with E-state index >= 15 is 0 Å². The number of carbonyl (C=O) groups is 1. The molecule has 2 aliphatic heterocycles. The molecule has 1 N–H and O–H groups in total. The van der Waals surface area contributed by atoms with Crippen molar-refractivity contribution in [3.05, 3.63) is 41.5 Å². The molecule has 0 aliphatic carbocycles. The molecule has 132 valence electrons. The predicted octanol–water partition coefficient (Wildman–Crippen LogP) is 2.73. The summed E-state index contributed by atoms with van der Waals surface area (Å²) < 4.78 is 2.28. The number of aromatic nitrogens is 3. The van der Waals surface area contributed by atoms with Crippen LogP contribution in [0.15, 0.2) is 24.3 Å². The van der Waals surface area contributed by atoms with Crippen LogP contribution in [0, 0.1) is 0 Å². The van der Waals surface area contributed by atoms with Gasteiger partial charge in [-0.25, -0.2) is 0 Å². The molecule has 1 unspecified atom stereocenters. The number of aromatic hydroxyl groups is 1. The summed E-state index contributed by atoms with van der Waals surface area (Å²) in [5.41, 5.74) is 0.378. The summed E-state index contributed by atoms with van der Waals surface area (Å²) in [4.78, 5) is 14.7. The van der Waals surface area contributed by atoms with E-state index < -0.39 is 0 Å². The Morgan fingerprint density at radius 3 is 2.84 bits per heavy atom. The molecule has 25 heavy (non-hydrogen) atoms. The van der Waals surface area contributed by atoms with E-state index in [0.717, 1.165) is 44.0 Å². The molecule has 0 spiro atoms. The van der Waals surface area contributed by atoms with E-state index in [0.29, 0.717) is 12.1 Å². The molecule has 4 rings (SSSR count). The first-order valence-corrected chi connectivity index (χ1v) is 9.23. The molecular weight excluding hydrogens is 316 g/mol. The van der Waals surface area contributed by atoms with Gasteiger partial charge in [0.05, 0.1) is 5.56 Å². The van der Waals surface area contributed by atoms with E-state index in [1.807, 2.05) is 4.90 Å². The molecular formula is C19H24N4O2. The highest BCUT2D eigenvalue weighted by atomic mass is 16.3. The number of piperidine rings is 1. The Bertz CT molecular complexity index is 771. The van der Waals surface area contributed by atoms with Gasteiger partial charge in [0.1, 0.15) is 17.4 Å². The number of nitrogens with zero attached hydrogens (tertiary/aromatic N) is 4. The van der Waals surface area contributed by atoms with Crippen molar-refractivity contribution >= 4 is 5.91 Å². The smallest absolute Gasteiger partial charge is 0.257 e. The minimum absolute atomic E-state index is 0.0472. The predicted molar refractivity (Wildman–Crippen MR) is 93.6 cm³/mol. The third-order valence-electron chi connectivity index (χ3n) is 5.35. The molecule has 2 aromatic rings. The summed E-state index contributed by atoms with van der Waals surface area (Å²) in [7, 11) is 0. The Morgan fingerprint density at radius 1 is 1.08 bits per heavy atom. The van der Waals surface area contributed by atoms with Gasteiger partial charge in [-0.05, 0) is 37.8 Å². The number of likely N-dealkylation sites (tertiary alicyclic amines) is 1. The molecule has 2 aliphatic rings. The van der Waals surface area contributed by atoms with Gasteiger partial charge in [-0.1, -0.05) is 18.6 Å². The van der Waals surface area contributed by atoms with Crippen molar-refractivity contribution in [1.29, 1.82) is 0 Å². The van der Waals surface area contributed by atoms with E-state index in [4.69, 9.17) is 0 Å². The van der Waals surface area contributed by atoms with E-state index in [-0.39, 0.29) is 17.6 Å². The van der Waals surface area contributed by atoms with E-state index in [2.05, 4.69) is 14.8 Å². The fourth-order valence-electron chi connectivity index (χ4n) is 4.01. The van der Waals surface area contributed by atoms with Gasteiger partial charge in [0.25, 0.3) is 5.91 Å². The second-order valence-electron chi connectivity index (χ2n) is 7.04. The maximum Gasteiger partial charge on any atom is 0.257 e. The number of hydrogen-bond acceptors (Lipinski definition) is 4. The molecule has 6 heteroatoms. The summed E-state index contributed by atoms with van der Waals surface area (Å²) in [6.45, 7) is 2.36. The SMILES string of the molecule is O=C(c1ccccc1O)N1CCCC(c2nnc3n2CCCCC3)C1. The topological polar surface area (TPSA) is 71.2 Å². The van der Waals surface area contributed by atoms with Crippen LogP contribution in [-0.4, -0.2) is 43.8 Å². The molecule has 1 saturated heterocycles. The molecule has 0 saturated carbocycles. The van der Waals surface area contributed by atoms with Crippen molar-refractivity contribution in [3.63, 3.8) is 0 Å². The summed E-state index contributed by atoms with van der Waals surface area (Å²) in [6.07, 6.45) is 6.58. The van der Waals surface area contributed by atoms with Crippen LogP contribution in [0.1, 0.15) is 60.0 Å². The van der Waals surface area contributed by atoms with Crippen LogP contribution in [0.2, 0.25) is 0 Å². The lowest BCUT2D eigenvalue weighted by Crippen LogP contribution is -2.39. The Hall–Kier alpha value is -2.37. The average Bonchev–Trinajstić information content (AvgIpc) is 2.90. The Labute approximate surface area is 147 Å². The number of para-hydroxylation sites is 1. The highest BCUT2D eigenvalue weighted by Gasteiger charge is 2.30. The van der Waals surface area contributed by atoms with Crippen molar-refractivity contribution in [1.82, 2.24) is 19.7 Å². The minimum Gasteiger partial charge on any atom is -0.507 e. The van der Waals surface area contributed by atoms with Crippen molar-refractivity contribution < 1.29 is 9.90 Å². The number of benzene rings is 1. The number of rotatable bonds is 2. The second kappa shape index (κ2) is 6.86. The lowest BCUT2D eigenvalue weighted by Gasteiger charge is -2.32. The van der Waals surface area contributed by atoms with Gasteiger partial charge in [0.15, 0.2) is 0 Å². The molecule has 0 bridgehead atoms. The third kappa shape index (κ3) is 3.13. The number of amides is 1. The van der Waals surface area contributed by atoms with Crippen LogP contribution in [0.25, 0.3) is 0 Å². The van der Waals surface area contributed by atoms with Crippen LogP contribution in [0.3, 0.4) is 0 Å². The summed E-state index contributed by atoms with van der Waals surface area (Å²) in [5.74, 6) is 2.30. The van der Waals surface area contributed by atoms with Crippen molar-refractivity contribution in [2.75, 3.05) is 13.1 Å². The maximum absolute atomic E-state index is 12.8. The Morgan fingerprint density at radius 2 is 1.96 bits per heavy atom. The van der Waals surface area contributed by atoms with E-state index in [9.17, 15) is 9.90 Å². The van der Waals surface area contributed by atoms with Gasteiger partial charge in [-0.3, -0.25) is 4.79 Å². The third-order valence-corrected chi connectivity index (χ3v) is 5.35. The van der Waals surface area contributed by atoms with Gasteiger partial charge in [-0.15, -0.1) is 10.2 Å². The molecule has 1 amide bonds. The molecule has 1 aromatic heterocycles. The quantitative estimate of drug-likeness (QED) is 0.912. The van der Waals surface area contributed by atoms with Crippen molar-refractivity contribution in [2.45, 2.75) is 51.0 Å². The number of phenolic OH excluding ortho intramolecular Hbond substituents is 1. The van der Waals surface area contributed by atoms with Gasteiger partial charge >= 0.3 is 0 Å². The summed E-state index contributed by atoms with van der Waals surface area (Å²) >= 11 is 0. The number of aryl methyl sites for hydroxylation is 1. The second-order valence-corrected chi connectivity index (χ2v) is 7.04. The molecule has 1 aromatic carbocycles. The largest absolute Gasteiger partial charge is 0.507 e. The lowest BCUT2D eigenvalue weighted by atomic mass is 9.96. The van der Waals surface area contributed by atoms with Crippen LogP contribution in [0.4, 0.5) is 0 Å². The highest BCUT2D eigenvalue weighted by molar-refractivity contribution is 5.96. The van der Waals surface area contributed by atoms with Crippen LogP contribution in [0.5, 0.6) is 5.75 Å². The standard InChI is InChI=1S/C19H24N4O2/c24-16-9-4-3-8-15(16)19(25)22-11-6-7-14(13-22)18-21-20-17-10-2-1-5-12-23(17)18/h3-4,8-9,14,24H,1-2,5-7,10-13H2. The van der Waals surface area contributed by atoms with Gasteiger partial charge in [-0.2, -0.15) is 0 Å². The average molecular weight is 340 g/mol. The highest BCUT2D eigenvalue weighted by Crippen LogP contribution is 2.29. The fourth-order valence-corrected chi connectivity index (χ4v) is 4.01. The number of phenols is 1. The zero-order valence-corrected chi connectivity index (χ0v) is 14.4. The van der Waals surface area contributed by atoms with Gasteiger partial charge in [0.2, 0.25) is 0 Å². The monoisotopic (exact) mass is 340 g/mol. The van der Waals surface area contributed by atoms with Crippen LogP contribution in [-0.2, 0) is 13.0 Å². The number of fused-ring (bicyclic) bond motifs is 1. The number of hydrogen-bond donors (Lipinski definition) is 1. The summed E-state index contributed by atoms with van der Waals surface area (Å²) in [6, 6.07) is 6.76. The first kappa shape index (κ1) is 16.1. The zero-order chi connectivity index (χ0) is 17.2. The maximum atomic E-state index is 12.8. The zero-order valence-electron chi connectivity index (χ0n) is 14.4. The van der Waals surface area contributed by atoms with Crippen molar-refractivity contribution in [2.24, 2.45) is 0 Å². The molecule has 0 radical (unpaired) electrons.